The van der Waals surface area contributed by atoms with Crippen molar-refractivity contribution in [3.05, 3.63) is 63.9 Å². The molecule has 0 saturated carbocycles. The maximum absolute atomic E-state index is 6.16. The van der Waals surface area contributed by atoms with E-state index in [-0.39, 0.29) is 0 Å². The first-order valence-corrected chi connectivity index (χ1v) is 7.22. The topological polar surface area (TPSA) is 42.1 Å². The molecule has 0 aliphatic heterocycles. The van der Waals surface area contributed by atoms with Gasteiger partial charge in [0.05, 0.1) is 10.7 Å². The van der Waals surface area contributed by atoms with E-state index in [4.69, 9.17) is 28.9 Å². The molecule has 0 amide bonds. The van der Waals surface area contributed by atoms with Crippen LogP contribution in [0.5, 0.6) is 0 Å². The first-order valence-electron chi connectivity index (χ1n) is 6.46. The Labute approximate surface area is 129 Å². The first-order chi connectivity index (χ1) is 9.69. The molecule has 1 aromatic carbocycles. The van der Waals surface area contributed by atoms with Gasteiger partial charge in [-0.25, -0.2) is 4.98 Å². The lowest BCUT2D eigenvalue weighted by atomic mass is 10.2. The molecule has 0 fully saturated rings. The van der Waals surface area contributed by atoms with E-state index < -0.39 is 0 Å². The van der Waals surface area contributed by atoms with Gasteiger partial charge in [0.2, 0.25) is 0 Å². The summed E-state index contributed by atoms with van der Waals surface area (Å²) in [7, 11) is 0. The van der Waals surface area contributed by atoms with Crippen molar-refractivity contribution < 1.29 is 0 Å². The van der Waals surface area contributed by atoms with Crippen molar-refractivity contribution in [2.24, 2.45) is 5.73 Å². The summed E-state index contributed by atoms with van der Waals surface area (Å²) in [6, 6.07) is 13.7. The molecule has 2 N–H and O–H groups in total. The highest BCUT2D eigenvalue weighted by Crippen LogP contribution is 2.19. The highest BCUT2D eigenvalue weighted by atomic mass is 35.5. The molecule has 106 valence electrons. The van der Waals surface area contributed by atoms with Crippen LogP contribution in [0.2, 0.25) is 10.2 Å². The van der Waals surface area contributed by atoms with Gasteiger partial charge in [0, 0.05) is 26.2 Å². The number of nitrogens with two attached hydrogens (primary N) is 1. The van der Waals surface area contributed by atoms with Crippen LogP contribution in [0.3, 0.4) is 0 Å². The van der Waals surface area contributed by atoms with Gasteiger partial charge in [0.25, 0.3) is 0 Å². The van der Waals surface area contributed by atoms with Gasteiger partial charge in [0.15, 0.2) is 0 Å². The molecule has 20 heavy (non-hydrogen) atoms. The molecule has 0 spiro atoms. The second-order valence-electron chi connectivity index (χ2n) is 4.55. The minimum atomic E-state index is 0.455. The van der Waals surface area contributed by atoms with E-state index in [9.17, 15) is 0 Å². The molecule has 1 heterocycles. The summed E-state index contributed by atoms with van der Waals surface area (Å²) >= 11 is 12.1. The smallest absolute Gasteiger partial charge is 0.129 e. The van der Waals surface area contributed by atoms with Crippen molar-refractivity contribution in [2.75, 3.05) is 13.1 Å². The summed E-state index contributed by atoms with van der Waals surface area (Å²) < 4.78 is 0. The zero-order valence-corrected chi connectivity index (χ0v) is 12.6. The van der Waals surface area contributed by atoms with Crippen molar-refractivity contribution in [1.29, 1.82) is 0 Å². The van der Waals surface area contributed by atoms with E-state index in [1.807, 2.05) is 18.2 Å². The van der Waals surface area contributed by atoms with E-state index in [1.54, 1.807) is 12.1 Å². The quantitative estimate of drug-likeness (QED) is 0.832. The van der Waals surface area contributed by atoms with Gasteiger partial charge in [0.1, 0.15) is 5.15 Å². The second kappa shape index (κ2) is 7.60. The molecule has 1 aromatic heterocycles. The van der Waals surface area contributed by atoms with E-state index in [1.165, 1.54) is 5.56 Å². The number of aromatic nitrogens is 1. The number of benzene rings is 1. The minimum absolute atomic E-state index is 0.455. The molecule has 0 atom stereocenters. The average molecular weight is 310 g/mol. The SMILES string of the molecule is NCCN(Cc1ccccc1)Cc1nc(Cl)ccc1Cl. The minimum Gasteiger partial charge on any atom is -0.329 e. The Morgan fingerprint density at radius 1 is 1.00 bits per heavy atom. The molecular formula is C15H17Cl2N3. The molecule has 0 radical (unpaired) electrons. The van der Waals surface area contributed by atoms with E-state index >= 15 is 0 Å². The zero-order valence-electron chi connectivity index (χ0n) is 11.1. The number of pyridine rings is 1. The van der Waals surface area contributed by atoms with Crippen LogP contribution in [-0.4, -0.2) is 23.0 Å². The summed E-state index contributed by atoms with van der Waals surface area (Å²) in [4.78, 5) is 6.50. The highest BCUT2D eigenvalue weighted by Gasteiger charge is 2.10. The lowest BCUT2D eigenvalue weighted by Crippen LogP contribution is -2.29. The van der Waals surface area contributed by atoms with Crippen LogP contribution in [0, 0.1) is 0 Å². The summed E-state index contributed by atoms with van der Waals surface area (Å²) in [5, 5.41) is 1.08. The largest absolute Gasteiger partial charge is 0.329 e. The van der Waals surface area contributed by atoms with Crippen LogP contribution in [0.25, 0.3) is 0 Å². The van der Waals surface area contributed by atoms with Crippen molar-refractivity contribution in [2.45, 2.75) is 13.1 Å². The van der Waals surface area contributed by atoms with E-state index in [0.29, 0.717) is 23.3 Å². The molecule has 0 bridgehead atoms. The Kier molecular flexibility index (Phi) is 5.80. The van der Waals surface area contributed by atoms with Gasteiger partial charge < -0.3 is 5.73 Å². The lowest BCUT2D eigenvalue weighted by Gasteiger charge is -2.21. The van der Waals surface area contributed by atoms with Gasteiger partial charge in [-0.3, -0.25) is 4.90 Å². The number of hydrogen-bond donors (Lipinski definition) is 1. The van der Waals surface area contributed by atoms with Crippen LogP contribution in [0.15, 0.2) is 42.5 Å². The van der Waals surface area contributed by atoms with Crippen LogP contribution >= 0.6 is 23.2 Å². The number of rotatable bonds is 6. The Morgan fingerprint density at radius 3 is 2.45 bits per heavy atom. The molecular weight excluding hydrogens is 293 g/mol. The van der Waals surface area contributed by atoms with Crippen LogP contribution in [-0.2, 0) is 13.1 Å². The third-order valence-electron chi connectivity index (χ3n) is 2.95. The number of hydrogen-bond acceptors (Lipinski definition) is 3. The van der Waals surface area contributed by atoms with E-state index in [0.717, 1.165) is 18.8 Å². The summed E-state index contributed by atoms with van der Waals surface area (Å²) in [5.41, 5.74) is 7.70. The molecule has 2 rings (SSSR count). The van der Waals surface area contributed by atoms with Gasteiger partial charge in [-0.2, -0.15) is 0 Å². The van der Waals surface area contributed by atoms with Gasteiger partial charge in [-0.1, -0.05) is 53.5 Å². The maximum Gasteiger partial charge on any atom is 0.129 e. The van der Waals surface area contributed by atoms with Crippen molar-refractivity contribution in [3.8, 4) is 0 Å². The summed E-state index contributed by atoms with van der Waals surface area (Å²) in [6.07, 6.45) is 0. The fourth-order valence-electron chi connectivity index (χ4n) is 2.02. The van der Waals surface area contributed by atoms with Crippen molar-refractivity contribution in [1.82, 2.24) is 9.88 Å². The van der Waals surface area contributed by atoms with Crippen LogP contribution < -0.4 is 5.73 Å². The second-order valence-corrected chi connectivity index (χ2v) is 5.34. The standard InChI is InChI=1S/C15H17Cl2N3/c16-13-6-7-15(17)19-14(13)11-20(9-8-18)10-12-4-2-1-3-5-12/h1-7H,8-11,18H2. The normalized spacial score (nSPS) is 11.0. The Morgan fingerprint density at radius 2 is 1.75 bits per heavy atom. The Bertz CT molecular complexity index is 546. The van der Waals surface area contributed by atoms with Gasteiger partial charge in [-0.15, -0.1) is 0 Å². The Hall–Kier alpha value is -1.13. The third kappa shape index (κ3) is 4.46. The summed E-state index contributed by atoms with van der Waals surface area (Å²) in [5.74, 6) is 0. The molecule has 3 nitrogen and oxygen atoms in total. The highest BCUT2D eigenvalue weighted by molar-refractivity contribution is 6.32. The van der Waals surface area contributed by atoms with Crippen LogP contribution in [0.4, 0.5) is 0 Å². The van der Waals surface area contributed by atoms with E-state index in [2.05, 4.69) is 22.0 Å². The molecule has 0 saturated heterocycles. The van der Waals surface area contributed by atoms with Crippen LogP contribution in [0.1, 0.15) is 11.3 Å². The monoisotopic (exact) mass is 309 g/mol. The van der Waals surface area contributed by atoms with Gasteiger partial charge >= 0.3 is 0 Å². The molecule has 5 heteroatoms. The fourth-order valence-corrected chi connectivity index (χ4v) is 2.35. The fraction of sp³-hybridized carbons (Fsp3) is 0.267. The zero-order chi connectivity index (χ0) is 14.4. The molecule has 2 aromatic rings. The van der Waals surface area contributed by atoms with Crippen molar-refractivity contribution >= 4 is 23.2 Å². The predicted molar refractivity (Wildman–Crippen MR) is 83.9 cm³/mol. The first kappa shape index (κ1) is 15.3. The summed E-state index contributed by atoms with van der Waals surface area (Å²) in [6.45, 7) is 2.80. The maximum atomic E-state index is 6.16. The van der Waals surface area contributed by atoms with Crippen molar-refractivity contribution in [3.63, 3.8) is 0 Å². The number of nitrogens with zero attached hydrogens (tertiary/aromatic N) is 2. The number of halogens is 2. The molecule has 0 aliphatic rings. The van der Waals surface area contributed by atoms with Gasteiger partial charge in [-0.05, 0) is 17.7 Å². The predicted octanol–water partition coefficient (Wildman–Crippen LogP) is 3.35. The lowest BCUT2D eigenvalue weighted by molar-refractivity contribution is 0.261. The molecule has 0 unspecified atom stereocenters. The third-order valence-corrected chi connectivity index (χ3v) is 3.51. The molecule has 0 aliphatic carbocycles. The Balaban J connectivity index is 2.11. The average Bonchev–Trinajstić information content (AvgIpc) is 2.44.